The molecule has 296 valence electrons. The van der Waals surface area contributed by atoms with Gasteiger partial charge in [0.2, 0.25) is 0 Å². The summed E-state index contributed by atoms with van der Waals surface area (Å²) in [6, 6.07) is 84.1. The van der Waals surface area contributed by atoms with Crippen LogP contribution < -0.4 is 5.19 Å². The Hall–Kier alpha value is -7.58. The Morgan fingerprint density at radius 1 is 0.238 bits per heavy atom. The summed E-state index contributed by atoms with van der Waals surface area (Å²) in [5, 5.41) is 16.5. The van der Waals surface area contributed by atoms with Crippen LogP contribution in [-0.4, -0.2) is 8.80 Å². The normalized spacial score (nSPS) is 11.7. The summed E-state index contributed by atoms with van der Waals surface area (Å²) in [6.45, 7) is 4.80. The van der Waals surface area contributed by atoms with Gasteiger partial charge in [0.05, 0.1) is 0 Å². The van der Waals surface area contributed by atoms with E-state index < -0.39 is 8.80 Å². The molecule has 0 heterocycles. The third-order valence-corrected chi connectivity index (χ3v) is 14.8. The van der Waals surface area contributed by atoms with Crippen molar-refractivity contribution in [3.8, 4) is 55.6 Å². The summed E-state index contributed by atoms with van der Waals surface area (Å²) < 4.78 is 0. The number of hydrogen-bond donors (Lipinski definition) is 0. The van der Waals surface area contributed by atoms with E-state index in [0.717, 1.165) is 0 Å². The van der Waals surface area contributed by atoms with Gasteiger partial charge in [-0.15, -0.1) is 0 Å². The molecule has 0 fully saturated rings. The van der Waals surface area contributed by atoms with Gasteiger partial charge in [-0.2, -0.15) is 18.3 Å². The van der Waals surface area contributed by atoms with Gasteiger partial charge < -0.3 is 0 Å². The van der Waals surface area contributed by atoms with E-state index in [9.17, 15) is 0 Å². The second-order valence-corrected chi connectivity index (χ2v) is 19.7. The largest absolute Gasteiger partial charge is 0.291 e. The van der Waals surface area contributed by atoms with E-state index in [1.165, 1.54) is 125 Å². The zero-order valence-electron chi connectivity index (χ0n) is 35.4. The Morgan fingerprint density at radius 3 is 1.14 bits per heavy atom. The molecule has 0 saturated carbocycles. The molecule has 0 saturated heterocycles. The highest BCUT2D eigenvalue weighted by molar-refractivity contribution is 6.72. The van der Waals surface area contributed by atoms with E-state index in [1.807, 2.05) is 0 Å². The Labute approximate surface area is 370 Å². The average Bonchev–Trinajstić information content (AvgIpc) is 3.34. The van der Waals surface area contributed by atoms with E-state index in [-0.39, 0.29) is 0 Å². The summed E-state index contributed by atoms with van der Waals surface area (Å²) in [5.41, 5.74) is 12.6. The van der Waals surface area contributed by atoms with E-state index in [2.05, 4.69) is 238 Å². The summed E-state index contributed by atoms with van der Waals surface area (Å²) >= 11 is 0. The zero-order valence-corrected chi connectivity index (χ0v) is 36.4. The fraction of sp³-hybridized carbons (Fsp3) is 0.0323. The van der Waals surface area contributed by atoms with E-state index in [1.54, 1.807) is 0 Å². The smallest absolute Gasteiger partial charge is 0.00259 e. The molecule has 0 spiro atoms. The fourth-order valence-corrected chi connectivity index (χ4v) is 11.6. The van der Waals surface area contributed by atoms with Crippen LogP contribution in [0.25, 0.3) is 120 Å². The molecular weight excluding hydrogens is 773 g/mol. The third-order valence-electron chi connectivity index (χ3n) is 13.3. The molecule has 0 unspecified atom stereocenters. The SMILES string of the molecule is C[Si-](C)c1ccccc1-c1ccc2c(-c3ccc4ccccc4c3)c3cc(-c4c5ccccc5c(-c5ccccc5)c5ccccc45)ccc3c(-c3ccc4ccccc4c3)c2c1. The van der Waals surface area contributed by atoms with Crippen molar-refractivity contribution in [1.29, 1.82) is 0 Å². The summed E-state index contributed by atoms with van der Waals surface area (Å²) in [5.74, 6) is 0. The molecule has 0 N–H and O–H groups in total. The molecule has 12 aromatic carbocycles. The van der Waals surface area contributed by atoms with Crippen LogP contribution in [0.1, 0.15) is 0 Å². The third kappa shape index (κ3) is 6.19. The minimum Gasteiger partial charge on any atom is -0.291 e. The van der Waals surface area contributed by atoms with Crippen LogP contribution in [0.4, 0.5) is 0 Å². The highest BCUT2D eigenvalue weighted by Crippen LogP contribution is 2.49. The van der Waals surface area contributed by atoms with Crippen LogP contribution in [0.2, 0.25) is 13.1 Å². The summed E-state index contributed by atoms with van der Waals surface area (Å²) in [4.78, 5) is 0. The molecule has 0 bridgehead atoms. The first-order valence-corrected chi connectivity index (χ1v) is 24.5. The lowest BCUT2D eigenvalue weighted by atomic mass is 9.82. The van der Waals surface area contributed by atoms with Gasteiger partial charge in [0.15, 0.2) is 0 Å². The van der Waals surface area contributed by atoms with Gasteiger partial charge in [-0.05, 0) is 145 Å². The first-order valence-electron chi connectivity index (χ1n) is 22.0. The molecule has 0 aliphatic heterocycles. The van der Waals surface area contributed by atoms with Gasteiger partial charge in [-0.3, -0.25) is 8.80 Å². The van der Waals surface area contributed by atoms with Gasteiger partial charge in [0, 0.05) is 0 Å². The molecule has 0 amide bonds. The van der Waals surface area contributed by atoms with Gasteiger partial charge in [0.25, 0.3) is 0 Å². The number of hydrogen-bond acceptors (Lipinski definition) is 0. The van der Waals surface area contributed by atoms with Crippen LogP contribution in [0.3, 0.4) is 0 Å². The van der Waals surface area contributed by atoms with Crippen LogP contribution in [0.15, 0.2) is 224 Å². The van der Waals surface area contributed by atoms with Crippen LogP contribution in [0, 0.1) is 0 Å². The lowest BCUT2D eigenvalue weighted by Gasteiger charge is -2.25. The predicted octanol–water partition coefficient (Wildman–Crippen LogP) is 16.9. The quantitative estimate of drug-likeness (QED) is 0.116. The first kappa shape index (κ1) is 37.2. The second kappa shape index (κ2) is 15.1. The van der Waals surface area contributed by atoms with Crippen molar-refractivity contribution in [2.75, 3.05) is 0 Å². The van der Waals surface area contributed by atoms with Crippen LogP contribution in [-0.2, 0) is 0 Å². The average molecular weight is 816 g/mol. The molecule has 12 rings (SSSR count). The predicted molar refractivity (Wildman–Crippen MR) is 276 cm³/mol. The number of benzene rings is 12. The number of fused-ring (bicyclic) bond motifs is 6. The Morgan fingerprint density at radius 2 is 0.603 bits per heavy atom. The topological polar surface area (TPSA) is 0 Å². The monoisotopic (exact) mass is 815 g/mol. The van der Waals surface area contributed by atoms with Crippen molar-refractivity contribution < 1.29 is 0 Å². The van der Waals surface area contributed by atoms with Crippen molar-refractivity contribution >= 4 is 78.6 Å². The van der Waals surface area contributed by atoms with E-state index in [0.29, 0.717) is 0 Å². The van der Waals surface area contributed by atoms with E-state index >= 15 is 0 Å². The zero-order chi connectivity index (χ0) is 42.0. The van der Waals surface area contributed by atoms with Crippen molar-refractivity contribution in [3.63, 3.8) is 0 Å². The molecule has 0 atom stereocenters. The lowest BCUT2D eigenvalue weighted by molar-refractivity contribution is 1.64. The highest BCUT2D eigenvalue weighted by Gasteiger charge is 2.22. The van der Waals surface area contributed by atoms with Crippen LogP contribution in [0.5, 0.6) is 0 Å². The molecule has 0 nitrogen and oxygen atoms in total. The molecule has 0 aromatic heterocycles. The second-order valence-electron chi connectivity index (χ2n) is 17.1. The van der Waals surface area contributed by atoms with Crippen molar-refractivity contribution in [2.45, 2.75) is 13.1 Å². The summed E-state index contributed by atoms with van der Waals surface area (Å²) in [7, 11) is -0.713. The minimum atomic E-state index is -0.713. The Bertz CT molecular complexity index is 3710. The Kier molecular flexibility index (Phi) is 8.91. The van der Waals surface area contributed by atoms with E-state index in [4.69, 9.17) is 0 Å². The Balaban J connectivity index is 1.23. The van der Waals surface area contributed by atoms with Gasteiger partial charge in [0.1, 0.15) is 0 Å². The highest BCUT2D eigenvalue weighted by atomic mass is 28.3. The van der Waals surface area contributed by atoms with Gasteiger partial charge in [-0.1, -0.05) is 200 Å². The number of rotatable bonds is 6. The molecule has 0 aliphatic carbocycles. The molecule has 12 aromatic rings. The molecule has 0 radical (unpaired) electrons. The van der Waals surface area contributed by atoms with Crippen LogP contribution >= 0.6 is 0 Å². The molecular formula is C62H43Si-. The van der Waals surface area contributed by atoms with Gasteiger partial charge in [-0.25, -0.2) is 0 Å². The van der Waals surface area contributed by atoms with Crippen molar-refractivity contribution in [1.82, 2.24) is 0 Å². The lowest BCUT2D eigenvalue weighted by Crippen LogP contribution is -2.24. The summed E-state index contributed by atoms with van der Waals surface area (Å²) in [6.07, 6.45) is 0. The maximum atomic E-state index is 2.51. The fourth-order valence-electron chi connectivity index (χ4n) is 10.4. The first-order chi connectivity index (χ1) is 31.1. The van der Waals surface area contributed by atoms with Crippen molar-refractivity contribution in [2.24, 2.45) is 0 Å². The molecule has 1 heteroatoms. The molecule has 63 heavy (non-hydrogen) atoms. The maximum absolute atomic E-state index is 2.51. The maximum Gasteiger partial charge on any atom is -0.00259 e. The minimum absolute atomic E-state index is 0.713. The van der Waals surface area contributed by atoms with Gasteiger partial charge >= 0.3 is 0 Å². The standard InChI is InChI=1S/C62H43Si/c1-63(2)58-27-15-14-22-49(58)45-32-34-54-56(38-45)61(46-30-28-40-16-6-8-20-43(40)36-46)55-35-33-48(39-57(55)62(54)47-31-29-41-17-7-9-21-44(41)37-47)60-52-25-12-10-23-50(52)59(42-18-4-3-5-19-42)51-24-11-13-26-53(51)60/h3-39H,1-2H3/q-1. The van der Waals surface area contributed by atoms with Crippen molar-refractivity contribution in [3.05, 3.63) is 224 Å². The molecule has 0 aliphatic rings.